The Morgan fingerprint density at radius 2 is 2.00 bits per heavy atom. The van der Waals surface area contributed by atoms with Gasteiger partial charge in [-0.2, -0.15) is 0 Å². The Balaban J connectivity index is 0.00000196. The minimum absolute atomic E-state index is 0. The van der Waals surface area contributed by atoms with E-state index in [1.165, 1.54) is 0 Å². The van der Waals surface area contributed by atoms with Crippen LogP contribution in [0.1, 0.15) is 5.56 Å². The molecule has 0 fully saturated rings. The fraction of sp³-hybridized carbons (Fsp3) is 0.300. The first kappa shape index (κ1) is 14.1. The molecule has 1 aromatic rings. The van der Waals surface area contributed by atoms with E-state index in [2.05, 4.69) is 5.32 Å². The molecule has 0 heterocycles. The van der Waals surface area contributed by atoms with Crippen LogP contribution >= 0.6 is 17.0 Å². The predicted octanol–water partition coefficient (Wildman–Crippen LogP) is 0.766. The van der Waals surface area contributed by atoms with Gasteiger partial charge in [0.1, 0.15) is 6.04 Å². The molecule has 0 saturated carbocycles. The lowest BCUT2D eigenvalue weighted by Gasteiger charge is -2.11. The molecule has 4 nitrogen and oxygen atoms in total. The molecule has 1 aromatic carbocycles. The van der Waals surface area contributed by atoms with Crippen molar-refractivity contribution in [1.82, 2.24) is 5.32 Å². The van der Waals surface area contributed by atoms with Crippen LogP contribution in [0.2, 0.25) is 0 Å². The average molecular weight is 275 g/mol. The number of nitrogens with one attached hydrogen (secondary N) is 1. The van der Waals surface area contributed by atoms with E-state index in [0.717, 1.165) is 5.56 Å². The maximum atomic E-state index is 10.6. The second kappa shape index (κ2) is 7.39. The van der Waals surface area contributed by atoms with E-state index in [-0.39, 0.29) is 23.5 Å². The number of carboxylic acids is 1. The van der Waals surface area contributed by atoms with Crippen molar-refractivity contribution >= 4 is 23.0 Å². The van der Waals surface area contributed by atoms with Gasteiger partial charge in [-0.3, -0.25) is 10.1 Å². The summed E-state index contributed by atoms with van der Waals surface area (Å²) in [7, 11) is 0. The van der Waals surface area contributed by atoms with Gasteiger partial charge in [-0.05, 0) is 5.56 Å². The number of hydrogen-bond donors (Lipinski definition) is 3. The molecular weight excluding hydrogens is 260 g/mol. The van der Waals surface area contributed by atoms with E-state index >= 15 is 0 Å². The maximum Gasteiger partial charge on any atom is 0.322 e. The van der Waals surface area contributed by atoms with Crippen LogP contribution in [0, 0.1) is 0 Å². The summed E-state index contributed by atoms with van der Waals surface area (Å²) in [5.41, 5.74) is 6.34. The lowest BCUT2D eigenvalue weighted by molar-refractivity contribution is -0.139. The zero-order valence-corrected chi connectivity index (χ0v) is 9.93. The molecule has 84 valence electrons. The molecule has 15 heavy (non-hydrogen) atoms. The number of carbonyl (C=O) groups is 1. The monoisotopic (exact) mass is 274 g/mol. The summed E-state index contributed by atoms with van der Waals surface area (Å²) in [4.78, 5) is 10.6. The fourth-order valence-electron chi connectivity index (χ4n) is 1.11. The van der Waals surface area contributed by atoms with E-state index in [9.17, 15) is 4.79 Å². The van der Waals surface area contributed by atoms with Gasteiger partial charge in [-0.1, -0.05) is 30.3 Å². The number of hydrogen-bond acceptors (Lipinski definition) is 3. The highest BCUT2D eigenvalue weighted by molar-refractivity contribution is 8.93. The topological polar surface area (TPSA) is 75.3 Å². The predicted molar refractivity (Wildman–Crippen MR) is 64.1 cm³/mol. The largest absolute Gasteiger partial charge is 0.480 e. The van der Waals surface area contributed by atoms with Crippen LogP contribution in [-0.4, -0.2) is 23.7 Å². The highest BCUT2D eigenvalue weighted by atomic mass is 79.9. The van der Waals surface area contributed by atoms with Crippen LogP contribution in [0.25, 0.3) is 0 Å². The van der Waals surface area contributed by atoms with Crippen LogP contribution < -0.4 is 11.1 Å². The summed E-state index contributed by atoms with van der Waals surface area (Å²) >= 11 is 0. The Hall–Kier alpha value is -0.910. The third-order valence-corrected chi connectivity index (χ3v) is 1.93. The van der Waals surface area contributed by atoms with E-state index in [0.29, 0.717) is 6.54 Å². The van der Waals surface area contributed by atoms with Crippen molar-refractivity contribution in [2.75, 3.05) is 6.54 Å². The minimum atomic E-state index is -0.913. The Morgan fingerprint density at radius 1 is 1.40 bits per heavy atom. The lowest BCUT2D eigenvalue weighted by atomic mass is 10.2. The van der Waals surface area contributed by atoms with Crippen molar-refractivity contribution in [2.45, 2.75) is 12.6 Å². The molecule has 0 saturated heterocycles. The molecule has 0 spiro atoms. The smallest absolute Gasteiger partial charge is 0.322 e. The standard InChI is InChI=1S/C10H14N2O2.BrH/c11-6-9(10(13)14)12-7-8-4-2-1-3-5-8;/h1-5,9,12H,6-7,11H2,(H,13,14);1H. The summed E-state index contributed by atoms with van der Waals surface area (Å²) < 4.78 is 0. The van der Waals surface area contributed by atoms with Gasteiger partial charge >= 0.3 is 5.97 Å². The van der Waals surface area contributed by atoms with Crippen LogP contribution in [0.3, 0.4) is 0 Å². The van der Waals surface area contributed by atoms with Crippen LogP contribution in [0.4, 0.5) is 0 Å². The summed E-state index contributed by atoms with van der Waals surface area (Å²) in [6.07, 6.45) is 0. The molecule has 1 unspecified atom stereocenters. The first-order valence-electron chi connectivity index (χ1n) is 4.44. The number of halogens is 1. The van der Waals surface area contributed by atoms with Gasteiger partial charge in [0.25, 0.3) is 0 Å². The van der Waals surface area contributed by atoms with Crippen molar-refractivity contribution in [1.29, 1.82) is 0 Å². The Kier molecular flexibility index (Phi) is 6.94. The van der Waals surface area contributed by atoms with Crippen molar-refractivity contribution in [2.24, 2.45) is 5.73 Å². The second-order valence-corrected chi connectivity index (χ2v) is 2.99. The number of carboxylic acid groups (broad SMARTS) is 1. The highest BCUT2D eigenvalue weighted by Crippen LogP contribution is 1.97. The minimum Gasteiger partial charge on any atom is -0.480 e. The van der Waals surface area contributed by atoms with E-state index in [1.54, 1.807) is 0 Å². The number of rotatable bonds is 5. The molecular formula is C10H15BrN2O2. The van der Waals surface area contributed by atoms with Gasteiger partial charge in [0.2, 0.25) is 0 Å². The Morgan fingerprint density at radius 3 is 2.47 bits per heavy atom. The molecule has 0 amide bonds. The number of aliphatic carboxylic acids is 1. The third kappa shape index (κ3) is 4.92. The zero-order chi connectivity index (χ0) is 10.4. The van der Waals surface area contributed by atoms with Gasteiger partial charge in [-0.25, -0.2) is 0 Å². The first-order chi connectivity index (χ1) is 6.74. The Labute approximate surface area is 99.2 Å². The van der Waals surface area contributed by atoms with Gasteiger partial charge in [0.15, 0.2) is 0 Å². The summed E-state index contributed by atoms with van der Waals surface area (Å²) in [6, 6.07) is 8.94. The second-order valence-electron chi connectivity index (χ2n) is 2.99. The van der Waals surface area contributed by atoms with E-state index in [1.807, 2.05) is 30.3 Å². The van der Waals surface area contributed by atoms with Crippen molar-refractivity contribution in [3.05, 3.63) is 35.9 Å². The highest BCUT2D eigenvalue weighted by Gasteiger charge is 2.13. The number of benzene rings is 1. The quantitative estimate of drug-likeness (QED) is 0.741. The van der Waals surface area contributed by atoms with Crippen molar-refractivity contribution < 1.29 is 9.90 Å². The molecule has 5 heteroatoms. The lowest BCUT2D eigenvalue weighted by Crippen LogP contribution is -2.42. The molecule has 0 aliphatic rings. The summed E-state index contributed by atoms with van der Waals surface area (Å²) in [6.45, 7) is 0.622. The summed E-state index contributed by atoms with van der Waals surface area (Å²) in [5, 5.41) is 11.6. The normalized spacial score (nSPS) is 11.5. The van der Waals surface area contributed by atoms with Gasteiger partial charge < -0.3 is 10.8 Å². The van der Waals surface area contributed by atoms with Crippen LogP contribution in [0.5, 0.6) is 0 Å². The van der Waals surface area contributed by atoms with Crippen molar-refractivity contribution in [3.8, 4) is 0 Å². The maximum absolute atomic E-state index is 10.6. The molecule has 0 bridgehead atoms. The fourth-order valence-corrected chi connectivity index (χ4v) is 1.11. The van der Waals surface area contributed by atoms with Crippen LogP contribution in [0.15, 0.2) is 30.3 Å². The molecule has 0 aromatic heterocycles. The van der Waals surface area contributed by atoms with Gasteiger partial charge in [-0.15, -0.1) is 17.0 Å². The average Bonchev–Trinajstić information content (AvgIpc) is 2.20. The Bertz CT molecular complexity index is 293. The van der Waals surface area contributed by atoms with E-state index in [4.69, 9.17) is 10.8 Å². The van der Waals surface area contributed by atoms with Crippen LogP contribution in [-0.2, 0) is 11.3 Å². The molecule has 0 radical (unpaired) electrons. The third-order valence-electron chi connectivity index (χ3n) is 1.93. The summed E-state index contributed by atoms with van der Waals surface area (Å²) in [5.74, 6) is -0.913. The molecule has 0 aliphatic heterocycles. The SMILES string of the molecule is Br.NCC(NCc1ccccc1)C(=O)O. The molecule has 1 atom stereocenters. The van der Waals surface area contributed by atoms with Gasteiger partial charge in [0.05, 0.1) is 0 Å². The molecule has 1 rings (SSSR count). The number of nitrogens with two attached hydrogens (primary N) is 1. The molecule has 4 N–H and O–H groups in total. The molecule has 0 aliphatic carbocycles. The zero-order valence-electron chi connectivity index (χ0n) is 8.22. The van der Waals surface area contributed by atoms with Crippen molar-refractivity contribution in [3.63, 3.8) is 0 Å². The first-order valence-corrected chi connectivity index (χ1v) is 4.44. The van der Waals surface area contributed by atoms with E-state index < -0.39 is 12.0 Å². The van der Waals surface area contributed by atoms with Gasteiger partial charge in [0, 0.05) is 13.1 Å².